The average Bonchev–Trinajstić information content (AvgIpc) is 3.43. The van der Waals surface area contributed by atoms with Gasteiger partial charge in [0.1, 0.15) is 0 Å². The molecule has 0 saturated heterocycles. The second kappa shape index (κ2) is 8.08. The van der Waals surface area contributed by atoms with Crippen LogP contribution in [0.4, 0.5) is 13.2 Å². The number of hydrogen-bond acceptors (Lipinski definition) is 5. The summed E-state index contributed by atoms with van der Waals surface area (Å²) < 4.78 is 44.1. The normalized spacial score (nSPS) is 11.9. The molecule has 0 radical (unpaired) electrons. The third kappa shape index (κ3) is 4.22. The fraction of sp³-hybridized carbons (Fsp3) is 0.263. The number of alkyl halides is 3. The van der Waals surface area contributed by atoms with Gasteiger partial charge >= 0.3 is 6.18 Å². The Kier molecular flexibility index (Phi) is 5.60. The van der Waals surface area contributed by atoms with Gasteiger partial charge in [0.15, 0.2) is 17.0 Å². The van der Waals surface area contributed by atoms with Crippen molar-refractivity contribution in [3.05, 3.63) is 56.9 Å². The number of aromatic nitrogens is 5. The molecule has 12 heteroatoms. The monoisotopic (exact) mass is 512 g/mol. The molecule has 162 valence electrons. The van der Waals surface area contributed by atoms with Crippen LogP contribution in [-0.4, -0.2) is 30.3 Å². The van der Waals surface area contributed by atoms with E-state index in [2.05, 4.69) is 36.4 Å². The van der Waals surface area contributed by atoms with Crippen LogP contribution in [-0.2, 0) is 26.2 Å². The number of aryl methyl sites for hydroxylation is 2. The first kappa shape index (κ1) is 21.5. The van der Waals surface area contributed by atoms with Gasteiger partial charge in [0, 0.05) is 18.0 Å². The molecule has 0 aliphatic rings. The zero-order valence-corrected chi connectivity index (χ0v) is 18.8. The van der Waals surface area contributed by atoms with E-state index in [9.17, 15) is 18.0 Å². The van der Waals surface area contributed by atoms with Crippen molar-refractivity contribution in [1.82, 2.24) is 29.7 Å². The van der Waals surface area contributed by atoms with E-state index >= 15 is 0 Å². The van der Waals surface area contributed by atoms with Gasteiger partial charge in [-0.3, -0.25) is 9.48 Å². The summed E-state index contributed by atoms with van der Waals surface area (Å²) in [5.41, 5.74) is -0.308. The minimum atomic E-state index is -4.67. The first-order chi connectivity index (χ1) is 14.7. The number of thiophene rings is 1. The number of nitrogens with zero attached hydrogens (tertiary/aromatic N) is 5. The van der Waals surface area contributed by atoms with E-state index in [0.717, 1.165) is 17.4 Å². The maximum absolute atomic E-state index is 13.7. The van der Waals surface area contributed by atoms with Crippen LogP contribution in [0.25, 0.3) is 16.2 Å². The number of amides is 1. The fourth-order valence-electron chi connectivity index (χ4n) is 3.01. The highest BCUT2D eigenvalue weighted by Gasteiger charge is 2.35. The first-order valence-electron chi connectivity index (χ1n) is 9.19. The molecule has 4 rings (SSSR count). The largest absolute Gasteiger partial charge is 0.433 e. The SMILES string of the molecule is CCc1ccc(-c2cc(C(F)(F)F)n3nc(C(=O)NCc4c(Br)cnn4C)cc3n2)s1. The molecule has 0 bridgehead atoms. The van der Waals surface area contributed by atoms with Crippen LogP contribution in [0.3, 0.4) is 0 Å². The molecule has 31 heavy (non-hydrogen) atoms. The van der Waals surface area contributed by atoms with Crippen molar-refractivity contribution in [1.29, 1.82) is 0 Å². The first-order valence-corrected chi connectivity index (χ1v) is 10.8. The maximum Gasteiger partial charge on any atom is 0.433 e. The van der Waals surface area contributed by atoms with E-state index in [1.807, 2.05) is 13.0 Å². The van der Waals surface area contributed by atoms with Gasteiger partial charge in [-0.2, -0.15) is 23.4 Å². The van der Waals surface area contributed by atoms with Crippen molar-refractivity contribution < 1.29 is 18.0 Å². The van der Waals surface area contributed by atoms with Crippen molar-refractivity contribution in [2.24, 2.45) is 7.05 Å². The molecule has 4 aromatic rings. The minimum Gasteiger partial charge on any atom is -0.345 e. The van der Waals surface area contributed by atoms with E-state index in [1.54, 1.807) is 24.0 Å². The number of nitrogens with one attached hydrogen (secondary N) is 1. The third-order valence-corrected chi connectivity index (χ3v) is 6.55. The highest BCUT2D eigenvalue weighted by Crippen LogP contribution is 2.34. The molecule has 0 aromatic carbocycles. The quantitative estimate of drug-likeness (QED) is 0.428. The lowest BCUT2D eigenvalue weighted by Gasteiger charge is -2.10. The van der Waals surface area contributed by atoms with Crippen LogP contribution in [0.2, 0.25) is 0 Å². The van der Waals surface area contributed by atoms with Crippen LogP contribution in [0, 0.1) is 0 Å². The lowest BCUT2D eigenvalue weighted by molar-refractivity contribution is -0.142. The Hall–Kier alpha value is -2.73. The second-order valence-corrected chi connectivity index (χ2v) is 8.71. The summed E-state index contributed by atoms with van der Waals surface area (Å²) in [5.74, 6) is -0.613. The van der Waals surface area contributed by atoms with Crippen molar-refractivity contribution in [2.75, 3.05) is 0 Å². The second-order valence-electron chi connectivity index (χ2n) is 6.69. The molecular formula is C19H16BrF3N6OS. The number of fused-ring (bicyclic) bond motifs is 1. The highest BCUT2D eigenvalue weighted by atomic mass is 79.9. The number of halogens is 4. The number of carbonyl (C=O) groups excluding carboxylic acids is 1. The van der Waals surface area contributed by atoms with Crippen molar-refractivity contribution >= 4 is 38.8 Å². The molecule has 7 nitrogen and oxygen atoms in total. The topological polar surface area (TPSA) is 77.1 Å². The Morgan fingerprint density at radius 2 is 2.06 bits per heavy atom. The Morgan fingerprint density at radius 3 is 2.68 bits per heavy atom. The summed E-state index contributed by atoms with van der Waals surface area (Å²) in [4.78, 5) is 18.5. The number of carbonyl (C=O) groups is 1. The van der Waals surface area contributed by atoms with E-state index in [1.165, 1.54) is 17.4 Å². The van der Waals surface area contributed by atoms with Gasteiger partial charge in [0.05, 0.1) is 33.5 Å². The van der Waals surface area contributed by atoms with Crippen molar-refractivity contribution in [2.45, 2.75) is 26.1 Å². The molecule has 0 aliphatic heterocycles. The Bertz CT molecular complexity index is 1260. The lowest BCUT2D eigenvalue weighted by atomic mass is 10.2. The van der Waals surface area contributed by atoms with Crippen LogP contribution >= 0.6 is 27.3 Å². The maximum atomic E-state index is 13.7. The standard InChI is InChI=1S/C19H16BrF3N6OS/c1-3-10-4-5-15(31-10)12-6-16(19(21,22)23)29-17(26-12)7-13(27-29)18(30)24-9-14-11(20)8-25-28(14)2/h4-8H,3,9H2,1-2H3,(H,24,30). The van der Waals surface area contributed by atoms with E-state index < -0.39 is 17.8 Å². The molecule has 0 spiro atoms. The zero-order valence-electron chi connectivity index (χ0n) is 16.4. The molecule has 1 N–H and O–H groups in total. The van der Waals surface area contributed by atoms with Crippen LogP contribution in [0.5, 0.6) is 0 Å². The predicted octanol–water partition coefficient (Wildman–Crippen LogP) is 4.47. The zero-order chi connectivity index (χ0) is 22.3. The molecule has 0 fully saturated rings. The third-order valence-electron chi connectivity index (χ3n) is 4.64. The molecule has 0 aliphatic carbocycles. The highest BCUT2D eigenvalue weighted by molar-refractivity contribution is 9.10. The van der Waals surface area contributed by atoms with E-state index in [0.29, 0.717) is 19.6 Å². The summed E-state index contributed by atoms with van der Waals surface area (Å²) >= 11 is 4.72. The predicted molar refractivity (Wildman–Crippen MR) is 113 cm³/mol. The Balaban J connectivity index is 1.70. The van der Waals surface area contributed by atoms with E-state index in [4.69, 9.17) is 0 Å². The van der Waals surface area contributed by atoms with Gasteiger partial charge in [0.2, 0.25) is 0 Å². The summed E-state index contributed by atoms with van der Waals surface area (Å²) in [6.45, 7) is 2.10. The number of rotatable bonds is 5. The van der Waals surface area contributed by atoms with Gasteiger partial charge < -0.3 is 5.32 Å². The average molecular weight is 513 g/mol. The smallest absolute Gasteiger partial charge is 0.345 e. The van der Waals surface area contributed by atoms with Gasteiger partial charge in [-0.1, -0.05) is 6.92 Å². The van der Waals surface area contributed by atoms with Crippen molar-refractivity contribution in [3.63, 3.8) is 0 Å². The molecule has 0 saturated carbocycles. The summed E-state index contributed by atoms with van der Waals surface area (Å²) in [6.07, 6.45) is -2.30. The number of hydrogen-bond donors (Lipinski definition) is 1. The molecule has 4 aromatic heterocycles. The fourth-order valence-corrected chi connectivity index (χ4v) is 4.41. The van der Waals surface area contributed by atoms with Crippen LogP contribution < -0.4 is 5.32 Å². The summed E-state index contributed by atoms with van der Waals surface area (Å²) in [7, 11) is 1.72. The van der Waals surface area contributed by atoms with Gasteiger partial charge in [-0.25, -0.2) is 9.50 Å². The molecule has 4 heterocycles. The molecule has 1 amide bonds. The minimum absolute atomic E-state index is 0.0527. The molecular weight excluding hydrogens is 497 g/mol. The van der Waals surface area contributed by atoms with Gasteiger partial charge in [-0.05, 0) is 40.5 Å². The summed E-state index contributed by atoms with van der Waals surface area (Å²) in [5, 5.41) is 10.6. The van der Waals surface area contributed by atoms with Crippen LogP contribution in [0.15, 0.2) is 34.9 Å². The van der Waals surface area contributed by atoms with E-state index in [-0.39, 0.29) is 23.6 Å². The van der Waals surface area contributed by atoms with Crippen molar-refractivity contribution in [3.8, 4) is 10.6 Å². The van der Waals surface area contributed by atoms with Gasteiger partial charge in [-0.15, -0.1) is 11.3 Å². The van der Waals surface area contributed by atoms with Gasteiger partial charge in [0.25, 0.3) is 5.91 Å². The Morgan fingerprint density at radius 1 is 1.29 bits per heavy atom. The molecule has 0 atom stereocenters. The lowest BCUT2D eigenvalue weighted by Crippen LogP contribution is -2.25. The summed E-state index contributed by atoms with van der Waals surface area (Å²) in [6, 6.07) is 5.82. The Labute approximate surface area is 187 Å². The molecule has 0 unspecified atom stereocenters. The van der Waals surface area contributed by atoms with Crippen LogP contribution in [0.1, 0.15) is 33.7 Å².